The summed E-state index contributed by atoms with van der Waals surface area (Å²) in [6.45, 7) is 0.466. The molecule has 4 rings (SSSR count). The fourth-order valence-electron chi connectivity index (χ4n) is 3.73. The highest BCUT2D eigenvalue weighted by molar-refractivity contribution is 6.01. The van der Waals surface area contributed by atoms with Crippen LogP contribution >= 0.6 is 0 Å². The molecule has 8 heteroatoms. The average Bonchev–Trinajstić information content (AvgIpc) is 3.55. The minimum absolute atomic E-state index is 0.287. The Hall–Kier alpha value is -4.33. The average molecular weight is 444 g/mol. The van der Waals surface area contributed by atoms with E-state index >= 15 is 0 Å². The number of carbonyl (C=O) groups is 3. The lowest BCUT2D eigenvalue weighted by atomic mass is 10.2. The van der Waals surface area contributed by atoms with Gasteiger partial charge in [-0.1, -0.05) is 36.4 Å². The van der Waals surface area contributed by atoms with Gasteiger partial charge < -0.3 is 9.32 Å². The van der Waals surface area contributed by atoms with Crippen LogP contribution in [-0.2, 0) is 9.59 Å². The molecule has 2 aromatic carbocycles. The Bertz CT molecular complexity index is 1070. The molecule has 1 aliphatic heterocycles. The highest BCUT2D eigenvalue weighted by Crippen LogP contribution is 2.25. The number of hydrogen-bond donors (Lipinski definition) is 2. The largest absolute Gasteiger partial charge is 0.465 e. The number of hydrogen-bond acceptors (Lipinski definition) is 4. The van der Waals surface area contributed by atoms with Crippen molar-refractivity contribution in [3.05, 3.63) is 90.9 Å². The molecule has 3 aromatic rings. The van der Waals surface area contributed by atoms with E-state index in [1.54, 1.807) is 42.5 Å². The van der Waals surface area contributed by atoms with E-state index in [1.165, 1.54) is 22.1 Å². The number of likely N-dealkylation sites (tertiary alicyclic amines) is 1. The van der Waals surface area contributed by atoms with E-state index in [9.17, 15) is 14.4 Å². The van der Waals surface area contributed by atoms with E-state index in [2.05, 4.69) is 10.9 Å². The van der Waals surface area contributed by atoms with Crippen LogP contribution in [0, 0.1) is 0 Å². The third kappa shape index (κ3) is 5.30. The van der Waals surface area contributed by atoms with Gasteiger partial charge in [-0.05, 0) is 55.3 Å². The van der Waals surface area contributed by atoms with Gasteiger partial charge in [-0.3, -0.25) is 19.9 Å². The van der Waals surface area contributed by atoms with Gasteiger partial charge in [0.1, 0.15) is 11.8 Å². The SMILES string of the molecule is O=C(NNC(=O)N(c1ccccc1)c1ccccc1)C1CCCN1C(=O)C=Cc1ccco1. The highest BCUT2D eigenvalue weighted by atomic mass is 16.3. The summed E-state index contributed by atoms with van der Waals surface area (Å²) in [6, 6.07) is 20.5. The lowest BCUT2D eigenvalue weighted by molar-refractivity contribution is -0.135. The van der Waals surface area contributed by atoms with Gasteiger partial charge in [0.25, 0.3) is 5.91 Å². The number of rotatable bonds is 5. The number of hydrazine groups is 1. The summed E-state index contributed by atoms with van der Waals surface area (Å²) in [5.74, 6) is -0.176. The van der Waals surface area contributed by atoms with E-state index < -0.39 is 18.0 Å². The molecule has 168 valence electrons. The molecule has 1 aliphatic rings. The van der Waals surface area contributed by atoms with Gasteiger partial charge in [-0.2, -0.15) is 0 Å². The third-order valence-corrected chi connectivity index (χ3v) is 5.30. The lowest BCUT2D eigenvalue weighted by Crippen LogP contribution is -2.53. The smallest absolute Gasteiger partial charge is 0.345 e. The first kappa shape index (κ1) is 21.9. The Labute approximate surface area is 191 Å². The molecule has 0 bridgehead atoms. The molecule has 0 spiro atoms. The zero-order valence-corrected chi connectivity index (χ0v) is 17.9. The highest BCUT2D eigenvalue weighted by Gasteiger charge is 2.33. The van der Waals surface area contributed by atoms with Gasteiger partial charge in [0, 0.05) is 12.6 Å². The number of benzene rings is 2. The Kier molecular flexibility index (Phi) is 6.84. The van der Waals surface area contributed by atoms with E-state index in [4.69, 9.17) is 4.42 Å². The fourth-order valence-corrected chi connectivity index (χ4v) is 3.73. The van der Waals surface area contributed by atoms with Crippen LogP contribution in [0.5, 0.6) is 0 Å². The molecule has 0 saturated carbocycles. The lowest BCUT2D eigenvalue weighted by Gasteiger charge is -2.25. The van der Waals surface area contributed by atoms with Crippen LogP contribution in [-0.4, -0.2) is 35.3 Å². The Morgan fingerprint density at radius 1 is 0.909 bits per heavy atom. The van der Waals surface area contributed by atoms with Crippen molar-refractivity contribution in [3.8, 4) is 0 Å². The van der Waals surface area contributed by atoms with E-state index in [0.29, 0.717) is 36.5 Å². The van der Waals surface area contributed by atoms with E-state index in [-0.39, 0.29) is 5.91 Å². The fraction of sp³-hybridized carbons (Fsp3) is 0.160. The van der Waals surface area contributed by atoms with Gasteiger partial charge >= 0.3 is 6.03 Å². The van der Waals surface area contributed by atoms with Crippen LogP contribution in [0.1, 0.15) is 18.6 Å². The number of amides is 4. The molecular weight excluding hydrogens is 420 g/mol. The number of carbonyl (C=O) groups excluding carboxylic acids is 3. The van der Waals surface area contributed by atoms with Crippen molar-refractivity contribution in [2.24, 2.45) is 0 Å². The second kappa shape index (κ2) is 10.3. The van der Waals surface area contributed by atoms with E-state index in [1.807, 2.05) is 36.4 Å². The topological polar surface area (TPSA) is 94.9 Å². The first-order valence-corrected chi connectivity index (χ1v) is 10.7. The molecule has 1 saturated heterocycles. The van der Waals surface area contributed by atoms with Crippen molar-refractivity contribution in [2.75, 3.05) is 11.4 Å². The molecule has 1 unspecified atom stereocenters. The molecule has 1 atom stereocenters. The summed E-state index contributed by atoms with van der Waals surface area (Å²) in [4.78, 5) is 41.4. The maximum Gasteiger partial charge on any atom is 0.345 e. The standard InChI is InChI=1S/C25H24N4O4/c30-23(16-15-21-13-8-18-33-21)28-17-7-14-22(28)24(31)26-27-25(32)29(19-9-3-1-4-10-19)20-11-5-2-6-12-20/h1-6,8-13,15-16,18,22H,7,14,17H2,(H,26,31)(H,27,32). The Morgan fingerprint density at radius 2 is 1.58 bits per heavy atom. The van der Waals surface area contributed by atoms with Crippen LogP contribution in [0.3, 0.4) is 0 Å². The zero-order chi connectivity index (χ0) is 23.0. The quantitative estimate of drug-likeness (QED) is 0.461. The molecule has 33 heavy (non-hydrogen) atoms. The molecule has 1 fully saturated rings. The molecule has 2 N–H and O–H groups in total. The summed E-state index contributed by atoms with van der Waals surface area (Å²) in [5.41, 5.74) is 6.27. The molecule has 1 aromatic heterocycles. The Balaban J connectivity index is 1.41. The van der Waals surface area contributed by atoms with Crippen LogP contribution in [0.25, 0.3) is 6.08 Å². The second-order valence-corrected chi connectivity index (χ2v) is 7.46. The maximum atomic E-state index is 13.0. The number of urea groups is 1. The molecule has 2 heterocycles. The number of nitrogens with zero attached hydrogens (tertiary/aromatic N) is 2. The van der Waals surface area contributed by atoms with Gasteiger partial charge in [-0.15, -0.1) is 0 Å². The molecule has 0 radical (unpaired) electrons. The zero-order valence-electron chi connectivity index (χ0n) is 17.9. The van der Waals surface area contributed by atoms with Crippen molar-refractivity contribution < 1.29 is 18.8 Å². The summed E-state index contributed by atoms with van der Waals surface area (Å²) >= 11 is 0. The summed E-state index contributed by atoms with van der Waals surface area (Å²) in [7, 11) is 0. The van der Waals surface area contributed by atoms with Crippen LogP contribution in [0.2, 0.25) is 0 Å². The molecule has 4 amide bonds. The van der Waals surface area contributed by atoms with Crippen LogP contribution in [0.15, 0.2) is 89.6 Å². The predicted octanol–water partition coefficient (Wildman–Crippen LogP) is 3.86. The van der Waals surface area contributed by atoms with Crippen molar-refractivity contribution in [1.29, 1.82) is 0 Å². The summed E-state index contributed by atoms with van der Waals surface area (Å²) in [5, 5.41) is 0. The van der Waals surface area contributed by atoms with E-state index in [0.717, 1.165) is 0 Å². The number of nitrogens with one attached hydrogen (secondary N) is 2. The number of para-hydroxylation sites is 2. The Morgan fingerprint density at radius 3 is 2.18 bits per heavy atom. The molecular formula is C25H24N4O4. The molecule has 0 aliphatic carbocycles. The van der Waals surface area contributed by atoms with Crippen molar-refractivity contribution in [2.45, 2.75) is 18.9 Å². The summed E-state index contributed by atoms with van der Waals surface area (Å²) < 4.78 is 5.19. The van der Waals surface area contributed by atoms with Crippen LogP contribution < -0.4 is 15.8 Å². The van der Waals surface area contributed by atoms with Crippen molar-refractivity contribution in [3.63, 3.8) is 0 Å². The third-order valence-electron chi connectivity index (χ3n) is 5.30. The van der Waals surface area contributed by atoms with Crippen molar-refractivity contribution in [1.82, 2.24) is 15.8 Å². The van der Waals surface area contributed by atoms with Crippen molar-refractivity contribution >= 4 is 35.3 Å². The number of furan rings is 1. The minimum Gasteiger partial charge on any atom is -0.465 e. The first-order chi connectivity index (χ1) is 16.1. The monoisotopic (exact) mass is 444 g/mol. The normalized spacial score (nSPS) is 15.4. The second-order valence-electron chi connectivity index (χ2n) is 7.46. The molecule has 8 nitrogen and oxygen atoms in total. The maximum absolute atomic E-state index is 13.0. The van der Waals surface area contributed by atoms with Crippen LogP contribution in [0.4, 0.5) is 16.2 Å². The van der Waals surface area contributed by atoms with Gasteiger partial charge in [0.15, 0.2) is 0 Å². The van der Waals surface area contributed by atoms with Gasteiger partial charge in [0.05, 0.1) is 17.6 Å². The predicted molar refractivity (Wildman–Crippen MR) is 124 cm³/mol. The summed E-state index contributed by atoms with van der Waals surface area (Å²) in [6.07, 6.45) is 5.69. The van der Waals surface area contributed by atoms with Gasteiger partial charge in [-0.25, -0.2) is 10.2 Å². The first-order valence-electron chi connectivity index (χ1n) is 10.7. The van der Waals surface area contributed by atoms with Gasteiger partial charge in [0.2, 0.25) is 5.91 Å². The minimum atomic E-state index is -0.666. The number of anilines is 2.